The number of aromatic nitrogens is 1. The number of hydrogen-bond donors (Lipinski definition) is 1. The van der Waals surface area contributed by atoms with Crippen molar-refractivity contribution < 1.29 is 9.53 Å². The zero-order chi connectivity index (χ0) is 16.5. The highest BCUT2D eigenvalue weighted by Crippen LogP contribution is 2.44. The predicted octanol–water partition coefficient (Wildman–Crippen LogP) is 3.95. The van der Waals surface area contributed by atoms with Gasteiger partial charge in [-0.1, -0.05) is 17.7 Å². The smallest absolute Gasteiger partial charge is 0.270 e. The van der Waals surface area contributed by atoms with E-state index in [2.05, 4.69) is 10.3 Å². The third-order valence-electron chi connectivity index (χ3n) is 4.73. The highest BCUT2D eigenvalue weighted by Gasteiger charge is 2.42. The van der Waals surface area contributed by atoms with Crippen molar-refractivity contribution in [3.63, 3.8) is 0 Å². The fourth-order valence-corrected chi connectivity index (χ4v) is 3.70. The van der Waals surface area contributed by atoms with Crippen molar-refractivity contribution in [2.75, 3.05) is 0 Å². The zero-order valence-electron chi connectivity index (χ0n) is 13.8. The number of amides is 1. The molecule has 0 saturated heterocycles. The summed E-state index contributed by atoms with van der Waals surface area (Å²) in [5.74, 6) is 2.19. The molecule has 2 aliphatic rings. The second-order valence-corrected chi connectivity index (χ2v) is 7.84. The maximum atomic E-state index is 12.4. The van der Waals surface area contributed by atoms with Crippen LogP contribution in [0.4, 0.5) is 0 Å². The molecule has 0 atom stereocenters. The van der Waals surface area contributed by atoms with Gasteiger partial charge in [-0.2, -0.15) is 0 Å². The van der Waals surface area contributed by atoms with Gasteiger partial charge >= 0.3 is 0 Å². The molecule has 2 aliphatic carbocycles. The van der Waals surface area contributed by atoms with Crippen molar-refractivity contribution in [3.05, 3.63) is 45.9 Å². The van der Waals surface area contributed by atoms with Crippen molar-refractivity contribution in [1.29, 1.82) is 0 Å². The largest absolute Gasteiger partial charge is 0.486 e. The lowest BCUT2D eigenvalue weighted by Crippen LogP contribution is -2.38. The molecule has 0 spiro atoms. The van der Waals surface area contributed by atoms with Crippen molar-refractivity contribution in [3.8, 4) is 5.75 Å². The summed E-state index contributed by atoms with van der Waals surface area (Å²) in [5.41, 5.74) is 1.73. The van der Waals surface area contributed by atoms with Gasteiger partial charge in [-0.3, -0.25) is 4.79 Å². The lowest BCUT2D eigenvalue weighted by Gasteiger charge is -2.16. The summed E-state index contributed by atoms with van der Waals surface area (Å²) in [6.07, 6.45) is 5.03. The molecule has 1 aromatic heterocycles. The number of nitrogens with zero attached hydrogens (tertiary/aromatic N) is 1. The molecule has 2 saturated carbocycles. The van der Waals surface area contributed by atoms with Crippen LogP contribution in [0.3, 0.4) is 0 Å². The molecule has 1 aromatic carbocycles. The summed E-state index contributed by atoms with van der Waals surface area (Å²) >= 11 is 1.48. The fourth-order valence-electron chi connectivity index (χ4n) is 3.02. The van der Waals surface area contributed by atoms with Gasteiger partial charge in [-0.15, -0.1) is 11.3 Å². The Kier molecular flexibility index (Phi) is 4.27. The Hall–Kier alpha value is -1.88. The molecular weight excluding hydrogens is 320 g/mol. The van der Waals surface area contributed by atoms with Gasteiger partial charge in [0.05, 0.1) is 0 Å². The van der Waals surface area contributed by atoms with Crippen molar-refractivity contribution in [2.45, 2.75) is 45.3 Å². The Labute approximate surface area is 146 Å². The van der Waals surface area contributed by atoms with E-state index in [0.29, 0.717) is 30.2 Å². The molecule has 1 heterocycles. The molecule has 0 radical (unpaired) electrons. The van der Waals surface area contributed by atoms with E-state index in [1.54, 1.807) is 0 Å². The van der Waals surface area contributed by atoms with Crippen LogP contribution in [-0.4, -0.2) is 16.9 Å². The van der Waals surface area contributed by atoms with Crippen molar-refractivity contribution in [2.24, 2.45) is 11.8 Å². The highest BCUT2D eigenvalue weighted by atomic mass is 32.1. The number of ether oxygens (including phenoxy) is 1. The molecular formula is C19H22N2O2S. The molecule has 24 heavy (non-hydrogen) atoms. The first-order chi connectivity index (χ1) is 11.7. The molecule has 1 N–H and O–H groups in total. The van der Waals surface area contributed by atoms with E-state index < -0.39 is 0 Å². The van der Waals surface area contributed by atoms with Crippen molar-refractivity contribution in [1.82, 2.24) is 10.3 Å². The number of nitrogens with one attached hydrogen (secondary N) is 1. The molecule has 2 aromatic rings. The Balaban J connectivity index is 1.33. The molecule has 2 fully saturated rings. The Morgan fingerprint density at radius 3 is 2.54 bits per heavy atom. The first-order valence-electron chi connectivity index (χ1n) is 8.64. The third kappa shape index (κ3) is 3.78. The van der Waals surface area contributed by atoms with Gasteiger partial charge in [-0.25, -0.2) is 4.98 Å². The number of carbonyl (C=O) groups is 1. The monoisotopic (exact) mass is 342 g/mol. The number of thiazole rings is 1. The third-order valence-corrected chi connectivity index (χ3v) is 5.55. The van der Waals surface area contributed by atoms with Crippen LogP contribution in [0.15, 0.2) is 29.6 Å². The van der Waals surface area contributed by atoms with E-state index in [1.165, 1.54) is 42.6 Å². The van der Waals surface area contributed by atoms with Crippen LogP contribution in [0.25, 0.3) is 0 Å². The Morgan fingerprint density at radius 1 is 1.25 bits per heavy atom. The van der Waals surface area contributed by atoms with Crippen LogP contribution in [0.2, 0.25) is 0 Å². The lowest BCUT2D eigenvalue weighted by atomic mass is 10.1. The van der Waals surface area contributed by atoms with Crippen LogP contribution in [-0.2, 0) is 6.61 Å². The quantitative estimate of drug-likeness (QED) is 0.829. The molecule has 4 rings (SSSR count). The number of aryl methyl sites for hydroxylation is 1. The fraction of sp³-hybridized carbons (Fsp3) is 0.474. The standard InChI is InChI=1S/C19H22N2O2S/c1-12-2-8-15(9-3-12)23-10-17-20-16(11-24-17)19(22)21-18(13-4-5-13)14-6-7-14/h2-3,8-9,11,13-14,18H,4-7,10H2,1H3,(H,21,22). The van der Waals surface area contributed by atoms with Crippen LogP contribution in [0.1, 0.15) is 46.7 Å². The Bertz CT molecular complexity index is 705. The highest BCUT2D eigenvalue weighted by molar-refractivity contribution is 7.09. The van der Waals surface area contributed by atoms with E-state index in [9.17, 15) is 4.79 Å². The summed E-state index contributed by atoms with van der Waals surface area (Å²) < 4.78 is 5.73. The van der Waals surface area contributed by atoms with Gasteiger partial charge in [0, 0.05) is 11.4 Å². The van der Waals surface area contributed by atoms with E-state index in [-0.39, 0.29) is 5.91 Å². The molecule has 126 valence electrons. The molecule has 1 amide bonds. The van der Waals surface area contributed by atoms with Gasteiger partial charge in [-0.05, 0) is 56.6 Å². The zero-order valence-corrected chi connectivity index (χ0v) is 14.6. The van der Waals surface area contributed by atoms with Gasteiger partial charge in [0.15, 0.2) is 0 Å². The predicted molar refractivity (Wildman–Crippen MR) is 94.3 cm³/mol. The minimum Gasteiger partial charge on any atom is -0.486 e. The maximum Gasteiger partial charge on any atom is 0.270 e. The average molecular weight is 342 g/mol. The number of rotatable bonds is 7. The molecule has 0 unspecified atom stereocenters. The minimum atomic E-state index is -0.0309. The van der Waals surface area contributed by atoms with Crippen LogP contribution < -0.4 is 10.1 Å². The van der Waals surface area contributed by atoms with E-state index >= 15 is 0 Å². The summed E-state index contributed by atoms with van der Waals surface area (Å²) in [5, 5.41) is 5.88. The number of benzene rings is 1. The van der Waals surface area contributed by atoms with E-state index in [1.807, 2.05) is 36.6 Å². The van der Waals surface area contributed by atoms with Crippen LogP contribution >= 0.6 is 11.3 Å². The normalized spacial score (nSPS) is 17.1. The van der Waals surface area contributed by atoms with Gasteiger partial charge in [0.1, 0.15) is 23.1 Å². The van der Waals surface area contributed by atoms with E-state index in [4.69, 9.17) is 4.74 Å². The molecule has 5 heteroatoms. The molecule has 0 bridgehead atoms. The summed E-state index contributed by atoms with van der Waals surface area (Å²) in [4.78, 5) is 16.9. The average Bonchev–Trinajstić information content (AvgIpc) is 3.51. The minimum absolute atomic E-state index is 0.0309. The van der Waals surface area contributed by atoms with Crippen LogP contribution in [0.5, 0.6) is 5.75 Å². The summed E-state index contributed by atoms with van der Waals surface area (Å²) in [6, 6.07) is 8.31. The van der Waals surface area contributed by atoms with Gasteiger partial charge in [0.2, 0.25) is 0 Å². The first kappa shape index (κ1) is 15.6. The second kappa shape index (κ2) is 6.55. The molecule has 0 aliphatic heterocycles. The van der Waals surface area contributed by atoms with E-state index in [0.717, 1.165) is 10.8 Å². The maximum absolute atomic E-state index is 12.4. The van der Waals surface area contributed by atoms with Crippen molar-refractivity contribution >= 4 is 17.2 Å². The SMILES string of the molecule is Cc1ccc(OCc2nc(C(=O)NC(C3CC3)C3CC3)cs2)cc1. The molecule has 4 nitrogen and oxygen atoms in total. The lowest BCUT2D eigenvalue weighted by molar-refractivity contribution is 0.0921. The summed E-state index contributed by atoms with van der Waals surface area (Å²) in [6.45, 7) is 2.45. The summed E-state index contributed by atoms with van der Waals surface area (Å²) in [7, 11) is 0. The van der Waals surface area contributed by atoms with Gasteiger partial charge < -0.3 is 10.1 Å². The van der Waals surface area contributed by atoms with Gasteiger partial charge in [0.25, 0.3) is 5.91 Å². The number of carbonyl (C=O) groups excluding carboxylic acids is 1. The first-order valence-corrected chi connectivity index (χ1v) is 9.52. The topological polar surface area (TPSA) is 51.2 Å². The Morgan fingerprint density at radius 2 is 1.92 bits per heavy atom. The second-order valence-electron chi connectivity index (χ2n) is 6.90. The van der Waals surface area contributed by atoms with Crippen LogP contribution in [0, 0.1) is 18.8 Å². The number of hydrogen-bond acceptors (Lipinski definition) is 4.